The van der Waals surface area contributed by atoms with Gasteiger partial charge in [-0.05, 0) is 31.0 Å². The summed E-state index contributed by atoms with van der Waals surface area (Å²) in [4.78, 5) is 21.5. The third-order valence-corrected chi connectivity index (χ3v) is 2.04. The van der Waals surface area contributed by atoms with Gasteiger partial charge in [0.15, 0.2) is 0 Å². The normalized spacial score (nSPS) is 9.62. The number of nitrogens with one attached hydrogen (secondary N) is 2. The van der Waals surface area contributed by atoms with Gasteiger partial charge in [-0.15, -0.1) is 0 Å². The number of aliphatic carboxylic acids is 1. The molecule has 0 bridgehead atoms. The number of urea groups is 1. The van der Waals surface area contributed by atoms with E-state index in [9.17, 15) is 9.59 Å². The fourth-order valence-corrected chi connectivity index (χ4v) is 1.19. The molecule has 0 unspecified atom stereocenters. The summed E-state index contributed by atoms with van der Waals surface area (Å²) >= 11 is 0. The third-order valence-electron chi connectivity index (χ3n) is 2.04. The van der Waals surface area contributed by atoms with Gasteiger partial charge in [0.2, 0.25) is 0 Å². The minimum atomic E-state index is -1.07. The fraction of sp³-hybridized carbons (Fsp3) is 0.273. The zero-order chi connectivity index (χ0) is 12.1. The molecular formula is C11H14N2O3. The first-order valence-corrected chi connectivity index (χ1v) is 4.83. The van der Waals surface area contributed by atoms with Crippen molar-refractivity contribution >= 4 is 17.7 Å². The molecule has 1 aromatic rings. The van der Waals surface area contributed by atoms with Gasteiger partial charge >= 0.3 is 12.0 Å². The van der Waals surface area contributed by atoms with Crippen molar-refractivity contribution in [3.63, 3.8) is 0 Å². The lowest BCUT2D eigenvalue weighted by Gasteiger charge is -2.09. The monoisotopic (exact) mass is 222 g/mol. The number of hydrogen-bond acceptors (Lipinski definition) is 2. The van der Waals surface area contributed by atoms with Crippen LogP contribution in [0.15, 0.2) is 18.2 Å². The van der Waals surface area contributed by atoms with Crippen molar-refractivity contribution in [1.82, 2.24) is 5.32 Å². The van der Waals surface area contributed by atoms with Crippen LogP contribution < -0.4 is 10.6 Å². The Balaban J connectivity index is 2.62. The Kier molecular flexibility index (Phi) is 3.88. The first-order valence-electron chi connectivity index (χ1n) is 4.83. The molecule has 1 rings (SSSR count). The lowest BCUT2D eigenvalue weighted by Crippen LogP contribution is -2.33. The summed E-state index contributed by atoms with van der Waals surface area (Å²) in [6.07, 6.45) is 0. The number of hydrogen-bond donors (Lipinski definition) is 3. The standard InChI is InChI=1S/C11H14N2O3/c1-7-3-4-8(2)9(5-7)13-11(16)12-6-10(14)15/h3-5H,6H2,1-2H3,(H,14,15)(H2,12,13,16). The highest BCUT2D eigenvalue weighted by atomic mass is 16.4. The van der Waals surface area contributed by atoms with Crippen molar-refractivity contribution in [2.45, 2.75) is 13.8 Å². The third kappa shape index (κ3) is 3.61. The molecule has 0 saturated carbocycles. The van der Waals surface area contributed by atoms with Crippen molar-refractivity contribution in [2.75, 3.05) is 11.9 Å². The molecule has 0 aliphatic rings. The number of amides is 2. The van der Waals surface area contributed by atoms with Crippen molar-refractivity contribution in [3.8, 4) is 0 Å². The molecule has 1 aromatic carbocycles. The Hall–Kier alpha value is -2.04. The van der Waals surface area contributed by atoms with Crippen molar-refractivity contribution in [2.24, 2.45) is 0 Å². The Morgan fingerprint density at radius 2 is 2.00 bits per heavy atom. The van der Waals surface area contributed by atoms with Crippen molar-refractivity contribution in [3.05, 3.63) is 29.3 Å². The average Bonchev–Trinajstić information content (AvgIpc) is 2.20. The number of aryl methyl sites for hydroxylation is 2. The van der Waals surface area contributed by atoms with Crippen molar-refractivity contribution < 1.29 is 14.7 Å². The number of anilines is 1. The first-order chi connectivity index (χ1) is 7.49. The highest BCUT2D eigenvalue weighted by Crippen LogP contribution is 2.15. The number of benzene rings is 1. The maximum atomic E-state index is 11.3. The zero-order valence-corrected chi connectivity index (χ0v) is 9.20. The molecule has 0 aliphatic heterocycles. The molecule has 86 valence electrons. The smallest absolute Gasteiger partial charge is 0.323 e. The average molecular weight is 222 g/mol. The van der Waals surface area contributed by atoms with E-state index in [1.165, 1.54) is 0 Å². The maximum absolute atomic E-state index is 11.3. The van der Waals surface area contributed by atoms with E-state index in [1.54, 1.807) is 0 Å². The van der Waals surface area contributed by atoms with Gasteiger partial charge in [-0.1, -0.05) is 12.1 Å². The molecule has 5 heteroatoms. The molecule has 3 N–H and O–H groups in total. The van der Waals surface area contributed by atoms with E-state index < -0.39 is 18.5 Å². The van der Waals surface area contributed by atoms with Crippen LogP contribution in [0.5, 0.6) is 0 Å². The maximum Gasteiger partial charge on any atom is 0.323 e. The van der Waals surface area contributed by atoms with Crippen LogP contribution in [0.1, 0.15) is 11.1 Å². The molecule has 0 radical (unpaired) electrons. The second kappa shape index (κ2) is 5.16. The fourth-order valence-electron chi connectivity index (χ4n) is 1.19. The highest BCUT2D eigenvalue weighted by Gasteiger charge is 2.05. The van der Waals surface area contributed by atoms with E-state index in [-0.39, 0.29) is 0 Å². The number of carboxylic acids is 1. The van der Waals surface area contributed by atoms with Gasteiger partial charge in [-0.25, -0.2) is 4.79 Å². The second-order valence-electron chi connectivity index (χ2n) is 3.52. The van der Waals surface area contributed by atoms with Gasteiger partial charge in [-0.2, -0.15) is 0 Å². The molecular weight excluding hydrogens is 208 g/mol. The summed E-state index contributed by atoms with van der Waals surface area (Å²) in [6.45, 7) is 3.39. The van der Waals surface area contributed by atoms with Gasteiger partial charge in [0, 0.05) is 5.69 Å². The van der Waals surface area contributed by atoms with E-state index in [1.807, 2.05) is 32.0 Å². The van der Waals surface area contributed by atoms with Crippen molar-refractivity contribution in [1.29, 1.82) is 0 Å². The van der Waals surface area contributed by atoms with Gasteiger partial charge in [-0.3, -0.25) is 4.79 Å². The zero-order valence-electron chi connectivity index (χ0n) is 9.20. The lowest BCUT2D eigenvalue weighted by atomic mass is 10.1. The molecule has 16 heavy (non-hydrogen) atoms. The molecule has 0 spiro atoms. The quantitative estimate of drug-likeness (QED) is 0.725. The summed E-state index contributed by atoms with van der Waals surface area (Å²) in [7, 11) is 0. The van der Waals surface area contributed by atoms with Crippen LogP contribution in [0, 0.1) is 13.8 Å². The lowest BCUT2D eigenvalue weighted by molar-refractivity contribution is -0.135. The molecule has 0 fully saturated rings. The van der Waals surface area contributed by atoms with Crippen LogP contribution >= 0.6 is 0 Å². The second-order valence-corrected chi connectivity index (χ2v) is 3.52. The Labute approximate surface area is 93.5 Å². The van der Waals surface area contributed by atoms with Gasteiger partial charge in [0.05, 0.1) is 0 Å². The van der Waals surface area contributed by atoms with Crippen LogP contribution in [0.25, 0.3) is 0 Å². The number of carbonyl (C=O) groups is 2. The summed E-state index contributed by atoms with van der Waals surface area (Å²) < 4.78 is 0. The molecule has 5 nitrogen and oxygen atoms in total. The SMILES string of the molecule is Cc1ccc(C)c(NC(=O)NCC(=O)O)c1. The summed E-state index contributed by atoms with van der Waals surface area (Å²) in [5.41, 5.74) is 2.64. The molecule has 0 aromatic heterocycles. The molecule has 2 amide bonds. The van der Waals surface area contributed by atoms with E-state index in [0.29, 0.717) is 5.69 Å². The number of carboxylic acid groups (broad SMARTS) is 1. The van der Waals surface area contributed by atoms with Crippen LogP contribution in [0.3, 0.4) is 0 Å². The molecule has 0 atom stereocenters. The number of carbonyl (C=O) groups excluding carboxylic acids is 1. The van der Waals surface area contributed by atoms with Gasteiger partial charge < -0.3 is 15.7 Å². The van der Waals surface area contributed by atoms with E-state index >= 15 is 0 Å². The van der Waals surface area contributed by atoms with E-state index in [2.05, 4.69) is 10.6 Å². The Bertz CT molecular complexity index is 416. The van der Waals surface area contributed by atoms with Crippen LogP contribution in [0.4, 0.5) is 10.5 Å². The predicted octanol–water partition coefficient (Wildman–Crippen LogP) is 1.51. The molecule has 0 saturated heterocycles. The van der Waals surface area contributed by atoms with Gasteiger partial charge in [0.25, 0.3) is 0 Å². The van der Waals surface area contributed by atoms with E-state index in [0.717, 1.165) is 11.1 Å². The first kappa shape index (κ1) is 12.0. The predicted molar refractivity (Wildman–Crippen MR) is 60.6 cm³/mol. The van der Waals surface area contributed by atoms with E-state index in [4.69, 9.17) is 5.11 Å². The summed E-state index contributed by atoms with van der Waals surface area (Å²) in [6, 6.07) is 5.14. The van der Waals surface area contributed by atoms with Gasteiger partial charge in [0.1, 0.15) is 6.54 Å². The summed E-state index contributed by atoms with van der Waals surface area (Å²) in [5, 5.41) is 13.2. The molecule has 0 heterocycles. The Morgan fingerprint density at radius 1 is 1.31 bits per heavy atom. The largest absolute Gasteiger partial charge is 0.480 e. The van der Waals surface area contributed by atoms with Crippen LogP contribution in [0.2, 0.25) is 0 Å². The highest BCUT2D eigenvalue weighted by molar-refractivity contribution is 5.91. The minimum Gasteiger partial charge on any atom is -0.480 e. The van der Waals surface area contributed by atoms with Crippen LogP contribution in [-0.2, 0) is 4.79 Å². The van der Waals surface area contributed by atoms with Crippen LogP contribution in [-0.4, -0.2) is 23.7 Å². The topological polar surface area (TPSA) is 78.4 Å². The minimum absolute atomic E-state index is 0.392. The number of rotatable bonds is 3. The summed E-state index contributed by atoms with van der Waals surface area (Å²) in [5.74, 6) is -1.07. The Morgan fingerprint density at radius 3 is 2.62 bits per heavy atom. The molecule has 0 aliphatic carbocycles.